The average molecular weight is 423 g/mol. The van der Waals surface area contributed by atoms with E-state index >= 15 is 0 Å². The lowest BCUT2D eigenvalue weighted by molar-refractivity contribution is 0.369. The Kier molecular flexibility index (Phi) is 7.81. The molecule has 0 heterocycles. The Morgan fingerprint density at radius 1 is 1.04 bits per heavy atom. The summed E-state index contributed by atoms with van der Waals surface area (Å²) >= 11 is 1.66. The van der Waals surface area contributed by atoms with Crippen LogP contribution < -0.4 is 4.52 Å². The molecule has 6 heteroatoms. The van der Waals surface area contributed by atoms with Crippen molar-refractivity contribution in [1.29, 1.82) is 0 Å². The van der Waals surface area contributed by atoms with Gasteiger partial charge in [0.05, 0.1) is 0 Å². The van der Waals surface area contributed by atoms with Crippen molar-refractivity contribution < 1.29 is 19.4 Å². The van der Waals surface area contributed by atoms with Gasteiger partial charge < -0.3 is 19.4 Å². The summed E-state index contributed by atoms with van der Waals surface area (Å²) < 4.78 is 5.29. The van der Waals surface area contributed by atoms with Crippen molar-refractivity contribution in [2.75, 3.05) is 0 Å². The molecular weight excluding hydrogens is 391 g/mol. The van der Waals surface area contributed by atoms with Crippen molar-refractivity contribution in [3.63, 3.8) is 0 Å². The minimum absolute atomic E-state index is 0.207. The van der Waals surface area contributed by atoms with Crippen molar-refractivity contribution >= 4 is 20.4 Å². The van der Waals surface area contributed by atoms with Crippen molar-refractivity contribution in [1.82, 2.24) is 0 Å². The topological polar surface area (TPSA) is 69.9 Å². The second-order valence-corrected chi connectivity index (χ2v) is 9.96. The van der Waals surface area contributed by atoms with Gasteiger partial charge in [-0.2, -0.15) is 0 Å². The first kappa shape index (κ1) is 23.0. The smallest absolute Gasteiger partial charge is 0.391 e. The average Bonchev–Trinajstić information content (AvgIpc) is 2.57. The molecule has 0 amide bonds. The van der Waals surface area contributed by atoms with Crippen LogP contribution in [0.25, 0.3) is 0 Å². The van der Waals surface area contributed by atoms with Crippen LogP contribution in [0.1, 0.15) is 62.8 Å². The molecule has 0 unspecified atom stereocenters. The van der Waals surface area contributed by atoms with Crippen molar-refractivity contribution in [2.45, 2.75) is 76.0 Å². The molecule has 2 aromatic rings. The summed E-state index contributed by atoms with van der Waals surface area (Å²) in [6.07, 6.45) is 3.00. The van der Waals surface area contributed by atoms with E-state index in [1.165, 1.54) is 0 Å². The Morgan fingerprint density at radius 3 is 2.29 bits per heavy atom. The molecule has 0 radical (unpaired) electrons. The minimum atomic E-state index is -2.46. The van der Waals surface area contributed by atoms with Gasteiger partial charge in [-0.15, -0.1) is 0 Å². The molecule has 3 N–H and O–H groups in total. The molecule has 0 aliphatic heterocycles. The number of aryl methyl sites for hydroxylation is 3. The van der Waals surface area contributed by atoms with Crippen LogP contribution in [-0.2, 0) is 11.8 Å². The van der Waals surface area contributed by atoms with E-state index in [-0.39, 0.29) is 5.41 Å². The van der Waals surface area contributed by atoms with Gasteiger partial charge in [-0.3, -0.25) is 0 Å². The van der Waals surface area contributed by atoms with Crippen LogP contribution in [0.15, 0.2) is 34.1 Å². The summed E-state index contributed by atoms with van der Waals surface area (Å²) in [6, 6.07) is 8.03. The molecular formula is C22H31O4PS. The molecule has 0 fully saturated rings. The Bertz CT molecular complexity index is 828. The van der Waals surface area contributed by atoms with Gasteiger partial charge in [0, 0.05) is 15.4 Å². The number of rotatable bonds is 7. The van der Waals surface area contributed by atoms with Crippen LogP contribution in [0.2, 0.25) is 0 Å². The van der Waals surface area contributed by atoms with Gasteiger partial charge in [0.25, 0.3) is 0 Å². The normalized spacial score (nSPS) is 11.9. The predicted molar refractivity (Wildman–Crippen MR) is 117 cm³/mol. The lowest BCUT2D eigenvalue weighted by Gasteiger charge is -2.24. The third-order valence-electron chi connectivity index (χ3n) is 4.65. The summed E-state index contributed by atoms with van der Waals surface area (Å²) in [7, 11) is -2.46. The molecule has 0 saturated carbocycles. The Labute approximate surface area is 174 Å². The Hall–Kier alpha value is -1.26. The zero-order valence-electron chi connectivity index (χ0n) is 17.5. The van der Waals surface area contributed by atoms with Crippen LogP contribution in [0.5, 0.6) is 11.5 Å². The van der Waals surface area contributed by atoms with E-state index in [0.29, 0.717) is 11.5 Å². The second-order valence-electron chi connectivity index (χ2n) is 8.16. The number of aromatic hydroxyl groups is 1. The number of phenols is 1. The maximum Gasteiger partial charge on any atom is 0.391 e. The molecule has 2 rings (SSSR count). The molecule has 4 nitrogen and oxygen atoms in total. The first-order valence-corrected chi connectivity index (χ1v) is 11.5. The molecule has 0 atom stereocenters. The van der Waals surface area contributed by atoms with Crippen LogP contribution in [0.4, 0.5) is 0 Å². The number of benzene rings is 2. The van der Waals surface area contributed by atoms with E-state index in [0.717, 1.165) is 51.3 Å². The highest BCUT2D eigenvalue weighted by Crippen LogP contribution is 2.43. The maximum atomic E-state index is 10.4. The van der Waals surface area contributed by atoms with Crippen molar-refractivity contribution in [3.05, 3.63) is 46.5 Å². The fourth-order valence-corrected chi connectivity index (χ4v) is 4.50. The number of hydrogen-bond acceptors (Lipinski definition) is 5. The fourth-order valence-electron chi connectivity index (χ4n) is 3.08. The number of hydrogen-bond donors (Lipinski definition) is 3. The quantitative estimate of drug-likeness (QED) is 0.451. The van der Waals surface area contributed by atoms with Gasteiger partial charge in [0.15, 0.2) is 0 Å². The molecule has 0 saturated heterocycles. The van der Waals surface area contributed by atoms with Crippen molar-refractivity contribution in [3.8, 4) is 11.5 Å². The predicted octanol–water partition coefficient (Wildman–Crippen LogP) is 6.39. The third kappa shape index (κ3) is 5.87. The summed E-state index contributed by atoms with van der Waals surface area (Å²) in [6.45, 7) is 12.3. The van der Waals surface area contributed by atoms with Crippen LogP contribution in [0, 0.1) is 13.8 Å². The molecule has 0 bridgehead atoms. The zero-order valence-corrected chi connectivity index (χ0v) is 19.2. The molecule has 154 valence electrons. The summed E-state index contributed by atoms with van der Waals surface area (Å²) in [5, 5.41) is 10.4. The molecule has 2 aromatic carbocycles. The lowest BCUT2D eigenvalue weighted by Crippen LogP contribution is -2.13. The van der Waals surface area contributed by atoms with Crippen LogP contribution in [0.3, 0.4) is 0 Å². The van der Waals surface area contributed by atoms with Crippen molar-refractivity contribution in [2.24, 2.45) is 0 Å². The molecule has 0 aromatic heterocycles. The Balaban J connectivity index is 2.45. The SMILES string of the molecule is CCCCc1cc(Sc2cc(C(C)(C)C)c(OP(O)O)cc2C)cc(C)c1O. The summed E-state index contributed by atoms with van der Waals surface area (Å²) in [5.41, 5.74) is 3.60. The van der Waals surface area contributed by atoms with Gasteiger partial charge in [-0.1, -0.05) is 45.9 Å². The first-order valence-electron chi connectivity index (χ1n) is 9.54. The highest BCUT2D eigenvalue weighted by atomic mass is 32.2. The minimum Gasteiger partial charge on any atom is -0.507 e. The molecule has 0 spiro atoms. The van der Waals surface area contributed by atoms with E-state index in [2.05, 4.69) is 39.8 Å². The van der Waals surface area contributed by atoms with E-state index < -0.39 is 8.60 Å². The van der Waals surface area contributed by atoms with E-state index in [9.17, 15) is 14.9 Å². The summed E-state index contributed by atoms with van der Waals surface area (Å²) in [4.78, 5) is 20.8. The van der Waals surface area contributed by atoms with Gasteiger partial charge in [0.2, 0.25) is 0 Å². The van der Waals surface area contributed by atoms with Gasteiger partial charge in [0.1, 0.15) is 11.5 Å². The highest BCUT2D eigenvalue weighted by Gasteiger charge is 2.23. The largest absolute Gasteiger partial charge is 0.507 e. The lowest BCUT2D eigenvalue weighted by atomic mass is 9.86. The van der Waals surface area contributed by atoms with Gasteiger partial charge in [-0.05, 0) is 73.1 Å². The zero-order chi connectivity index (χ0) is 21.1. The monoisotopic (exact) mass is 422 g/mol. The van der Waals surface area contributed by atoms with Crippen LogP contribution >= 0.6 is 20.4 Å². The standard InChI is InChI=1S/C22H31O4PS/c1-7-8-9-16-12-17(10-15(3)21(16)23)28-20-13-18(22(4,5)6)19(11-14(20)2)26-27(24)25/h10-13,23-25H,7-9H2,1-6H3. The van der Waals surface area contributed by atoms with E-state index in [1.807, 2.05) is 26.0 Å². The van der Waals surface area contributed by atoms with Gasteiger partial charge in [-0.25, -0.2) is 0 Å². The summed E-state index contributed by atoms with van der Waals surface area (Å²) in [5.74, 6) is 0.906. The Morgan fingerprint density at radius 2 is 1.71 bits per heavy atom. The first-order chi connectivity index (χ1) is 13.0. The number of unbranched alkanes of at least 4 members (excludes halogenated alkanes) is 1. The molecule has 28 heavy (non-hydrogen) atoms. The van der Waals surface area contributed by atoms with Crippen LogP contribution in [-0.4, -0.2) is 14.9 Å². The van der Waals surface area contributed by atoms with E-state index in [4.69, 9.17) is 4.52 Å². The van der Waals surface area contributed by atoms with Gasteiger partial charge >= 0.3 is 8.60 Å². The number of phenolic OH excluding ortho intramolecular Hbond substituents is 1. The molecule has 0 aliphatic rings. The highest BCUT2D eigenvalue weighted by molar-refractivity contribution is 7.99. The maximum absolute atomic E-state index is 10.4. The van der Waals surface area contributed by atoms with E-state index in [1.54, 1.807) is 11.8 Å². The fraction of sp³-hybridized carbons (Fsp3) is 0.455. The molecule has 0 aliphatic carbocycles. The third-order valence-corrected chi connectivity index (χ3v) is 6.14. The second kappa shape index (κ2) is 9.49.